The van der Waals surface area contributed by atoms with Crippen molar-refractivity contribution in [1.29, 1.82) is 0 Å². The Morgan fingerprint density at radius 1 is 1.19 bits per heavy atom. The van der Waals surface area contributed by atoms with Crippen LogP contribution in [0.25, 0.3) is 11.4 Å². The molecular formula is C20H21ClFN3O2. The van der Waals surface area contributed by atoms with Gasteiger partial charge in [0.05, 0.1) is 13.2 Å². The van der Waals surface area contributed by atoms with E-state index in [1.807, 2.05) is 45.0 Å². The fourth-order valence-corrected chi connectivity index (χ4v) is 3.10. The summed E-state index contributed by atoms with van der Waals surface area (Å²) in [4.78, 5) is 4.42. The minimum absolute atomic E-state index is 0.352. The molecule has 0 radical (unpaired) electrons. The van der Waals surface area contributed by atoms with Gasteiger partial charge in [0.1, 0.15) is 11.6 Å². The third kappa shape index (κ3) is 4.64. The minimum atomic E-state index is -0.501. The molecule has 1 N–H and O–H groups in total. The smallest absolute Gasteiger partial charge is 0.240 e. The Bertz CT molecular complexity index is 910. The Hall–Kier alpha value is -2.44. The molecule has 27 heavy (non-hydrogen) atoms. The summed E-state index contributed by atoms with van der Waals surface area (Å²) in [5.41, 5.74) is 1.13. The van der Waals surface area contributed by atoms with Crippen molar-refractivity contribution in [2.45, 2.75) is 32.9 Å². The standard InChI is InChI=1S/C20H21ClFN3O2/c1-4-26-15-8-5-13(6-9-15)19-24-18(27-25-19)12-23-20(2,3)16-10-7-14(22)11-17(16)21/h5-11,23H,4,12H2,1-3H3. The summed E-state index contributed by atoms with van der Waals surface area (Å²) >= 11 is 6.17. The molecule has 0 saturated heterocycles. The van der Waals surface area contributed by atoms with Crippen molar-refractivity contribution in [2.75, 3.05) is 6.61 Å². The number of hydrogen-bond acceptors (Lipinski definition) is 5. The molecule has 0 atom stereocenters. The number of benzene rings is 2. The van der Waals surface area contributed by atoms with E-state index in [9.17, 15) is 4.39 Å². The van der Waals surface area contributed by atoms with Crippen LogP contribution in [-0.2, 0) is 12.1 Å². The van der Waals surface area contributed by atoms with E-state index in [-0.39, 0.29) is 5.82 Å². The summed E-state index contributed by atoms with van der Waals surface area (Å²) in [5.74, 6) is 1.39. The maximum absolute atomic E-state index is 13.3. The number of nitrogens with one attached hydrogen (secondary N) is 1. The van der Waals surface area contributed by atoms with Crippen LogP contribution in [-0.4, -0.2) is 16.7 Å². The molecule has 3 aromatic rings. The number of hydrogen-bond donors (Lipinski definition) is 1. The van der Waals surface area contributed by atoms with Crippen LogP contribution in [0.5, 0.6) is 5.75 Å². The molecule has 1 heterocycles. The largest absolute Gasteiger partial charge is 0.494 e. The molecule has 2 aromatic carbocycles. The lowest BCUT2D eigenvalue weighted by Gasteiger charge is -2.27. The van der Waals surface area contributed by atoms with Crippen LogP contribution in [0.15, 0.2) is 47.0 Å². The second-order valence-corrected chi connectivity index (χ2v) is 6.98. The van der Waals surface area contributed by atoms with E-state index in [4.69, 9.17) is 20.9 Å². The van der Waals surface area contributed by atoms with Gasteiger partial charge in [-0.05, 0) is 62.7 Å². The third-order valence-electron chi connectivity index (χ3n) is 4.18. The minimum Gasteiger partial charge on any atom is -0.494 e. The zero-order chi connectivity index (χ0) is 19.4. The van der Waals surface area contributed by atoms with E-state index in [0.29, 0.717) is 29.9 Å². The van der Waals surface area contributed by atoms with Gasteiger partial charge in [-0.1, -0.05) is 22.8 Å². The normalized spacial score (nSPS) is 11.6. The monoisotopic (exact) mass is 389 g/mol. The predicted octanol–water partition coefficient (Wildman–Crippen LogP) is 4.95. The highest BCUT2D eigenvalue weighted by molar-refractivity contribution is 6.31. The van der Waals surface area contributed by atoms with Gasteiger partial charge < -0.3 is 9.26 Å². The molecule has 0 saturated carbocycles. The lowest BCUT2D eigenvalue weighted by Crippen LogP contribution is -2.36. The number of rotatable bonds is 7. The predicted molar refractivity (Wildman–Crippen MR) is 102 cm³/mol. The fourth-order valence-electron chi connectivity index (χ4n) is 2.70. The zero-order valence-corrected chi connectivity index (χ0v) is 16.2. The van der Waals surface area contributed by atoms with Crippen LogP contribution < -0.4 is 10.1 Å². The highest BCUT2D eigenvalue weighted by atomic mass is 35.5. The van der Waals surface area contributed by atoms with E-state index >= 15 is 0 Å². The summed E-state index contributed by atoms with van der Waals surface area (Å²) < 4.78 is 24.0. The maximum atomic E-state index is 13.3. The first-order valence-corrected chi connectivity index (χ1v) is 9.03. The Balaban J connectivity index is 1.68. The van der Waals surface area contributed by atoms with Crippen molar-refractivity contribution in [2.24, 2.45) is 0 Å². The van der Waals surface area contributed by atoms with Gasteiger partial charge in [0.15, 0.2) is 0 Å². The summed E-state index contributed by atoms with van der Waals surface area (Å²) in [7, 11) is 0. The molecule has 0 aliphatic heterocycles. The Morgan fingerprint density at radius 2 is 1.93 bits per heavy atom. The first-order chi connectivity index (χ1) is 12.9. The van der Waals surface area contributed by atoms with Crippen molar-refractivity contribution in [1.82, 2.24) is 15.5 Å². The molecule has 3 rings (SSSR count). The maximum Gasteiger partial charge on any atom is 0.240 e. The van der Waals surface area contributed by atoms with Gasteiger partial charge in [-0.2, -0.15) is 4.98 Å². The number of halogens is 2. The summed E-state index contributed by atoms with van der Waals surface area (Å²) in [6.45, 7) is 6.81. The van der Waals surface area contributed by atoms with Crippen LogP contribution in [0.1, 0.15) is 32.2 Å². The molecular weight excluding hydrogens is 369 g/mol. The summed E-state index contributed by atoms with van der Waals surface area (Å²) in [6, 6.07) is 11.9. The van der Waals surface area contributed by atoms with Gasteiger partial charge in [-0.15, -0.1) is 0 Å². The highest BCUT2D eigenvalue weighted by Crippen LogP contribution is 2.29. The topological polar surface area (TPSA) is 60.2 Å². The van der Waals surface area contributed by atoms with Crippen LogP contribution in [0, 0.1) is 5.82 Å². The van der Waals surface area contributed by atoms with Gasteiger partial charge in [-0.25, -0.2) is 4.39 Å². The quantitative estimate of drug-likeness (QED) is 0.619. The SMILES string of the molecule is CCOc1ccc(-c2noc(CNC(C)(C)c3ccc(F)cc3Cl)n2)cc1. The molecule has 0 aliphatic rings. The van der Waals surface area contributed by atoms with Crippen LogP contribution in [0.4, 0.5) is 4.39 Å². The lowest BCUT2D eigenvalue weighted by atomic mass is 9.94. The first-order valence-electron chi connectivity index (χ1n) is 8.65. The van der Waals surface area contributed by atoms with E-state index in [1.54, 1.807) is 6.07 Å². The van der Waals surface area contributed by atoms with Crippen LogP contribution >= 0.6 is 11.6 Å². The van der Waals surface area contributed by atoms with Gasteiger partial charge in [0, 0.05) is 16.1 Å². The number of nitrogens with zero attached hydrogens (tertiary/aromatic N) is 2. The van der Waals surface area contributed by atoms with E-state index < -0.39 is 5.54 Å². The second kappa shape index (κ2) is 8.06. The molecule has 0 aliphatic carbocycles. The summed E-state index contributed by atoms with van der Waals surface area (Å²) in [6.07, 6.45) is 0. The van der Waals surface area contributed by atoms with E-state index in [0.717, 1.165) is 16.9 Å². The Kier molecular flexibility index (Phi) is 5.77. The first kappa shape index (κ1) is 19.3. The molecule has 5 nitrogen and oxygen atoms in total. The molecule has 0 unspecified atom stereocenters. The average molecular weight is 390 g/mol. The summed E-state index contributed by atoms with van der Waals surface area (Å²) in [5, 5.41) is 7.71. The van der Waals surface area contributed by atoms with Crippen molar-refractivity contribution in [3.63, 3.8) is 0 Å². The molecule has 1 aromatic heterocycles. The van der Waals surface area contributed by atoms with Crippen LogP contribution in [0.2, 0.25) is 5.02 Å². The van der Waals surface area contributed by atoms with Crippen LogP contribution in [0.3, 0.4) is 0 Å². The molecule has 0 fully saturated rings. The second-order valence-electron chi connectivity index (χ2n) is 6.57. The molecule has 0 amide bonds. The highest BCUT2D eigenvalue weighted by Gasteiger charge is 2.24. The van der Waals surface area contributed by atoms with Crippen molar-refractivity contribution < 1.29 is 13.7 Å². The molecule has 0 spiro atoms. The van der Waals surface area contributed by atoms with E-state index in [2.05, 4.69) is 15.5 Å². The lowest BCUT2D eigenvalue weighted by molar-refractivity contribution is 0.327. The van der Waals surface area contributed by atoms with E-state index in [1.165, 1.54) is 12.1 Å². The van der Waals surface area contributed by atoms with Gasteiger partial charge in [0.25, 0.3) is 0 Å². The molecule has 7 heteroatoms. The van der Waals surface area contributed by atoms with Crippen molar-refractivity contribution in [3.05, 3.63) is 64.8 Å². The molecule has 142 valence electrons. The molecule has 0 bridgehead atoms. The average Bonchev–Trinajstić information content (AvgIpc) is 3.10. The number of ether oxygens (including phenoxy) is 1. The third-order valence-corrected chi connectivity index (χ3v) is 4.49. The zero-order valence-electron chi connectivity index (χ0n) is 15.4. The van der Waals surface area contributed by atoms with Gasteiger partial charge in [0.2, 0.25) is 11.7 Å². The Labute approximate surface area is 162 Å². The number of aromatic nitrogens is 2. The Morgan fingerprint density at radius 3 is 2.59 bits per heavy atom. The van der Waals surface area contributed by atoms with Crippen molar-refractivity contribution >= 4 is 11.6 Å². The van der Waals surface area contributed by atoms with Crippen molar-refractivity contribution in [3.8, 4) is 17.1 Å². The fraction of sp³-hybridized carbons (Fsp3) is 0.300. The van der Waals surface area contributed by atoms with Gasteiger partial charge >= 0.3 is 0 Å². The van der Waals surface area contributed by atoms with Gasteiger partial charge in [-0.3, -0.25) is 5.32 Å².